The number of unbranched alkanes of at least 4 members (excludes halogenated alkanes) is 14. The van der Waals surface area contributed by atoms with Gasteiger partial charge in [0.2, 0.25) is 0 Å². The van der Waals surface area contributed by atoms with Crippen LogP contribution in [0, 0.1) is 0 Å². The Morgan fingerprint density at radius 2 is 1.15 bits per heavy atom. The van der Waals surface area contributed by atoms with Gasteiger partial charge in [0.15, 0.2) is 0 Å². The van der Waals surface area contributed by atoms with Gasteiger partial charge in [0.1, 0.15) is 0 Å². The molecule has 0 saturated heterocycles. The molecule has 0 atom stereocenters. The summed E-state index contributed by atoms with van der Waals surface area (Å²) >= 11 is 7.18. The molecule has 0 fully saturated rings. The van der Waals surface area contributed by atoms with Gasteiger partial charge in [-0.15, -0.1) is 0 Å². The fourth-order valence-corrected chi connectivity index (χ4v) is 6.00. The maximum absolute atomic E-state index is 10.9. The van der Waals surface area contributed by atoms with Gasteiger partial charge in [-0.25, -0.2) is 4.79 Å². The van der Waals surface area contributed by atoms with E-state index in [1.54, 1.807) is 0 Å². The third-order valence-electron chi connectivity index (χ3n) is 4.73. The quantitative estimate of drug-likeness (QED) is 0.0566. The summed E-state index contributed by atoms with van der Waals surface area (Å²) in [4.78, 5) is 10.9. The second-order valence-corrected chi connectivity index (χ2v) is 15.1. The van der Waals surface area contributed by atoms with Gasteiger partial charge >= 0.3 is 5.97 Å². The number of rotatable bonds is 20. The van der Waals surface area contributed by atoms with E-state index < -0.39 is 0 Å². The third-order valence-corrected chi connectivity index (χ3v) is 8.82. The zero-order chi connectivity index (χ0) is 19.3. The molecule has 0 rings (SSSR count). The number of halogens is 2. The van der Waals surface area contributed by atoms with Gasteiger partial charge in [-0.1, -0.05) is 134 Å². The molecule has 0 radical (unpaired) electrons. The van der Waals surface area contributed by atoms with Gasteiger partial charge < -0.3 is 4.74 Å². The third kappa shape index (κ3) is 22.4. The first kappa shape index (κ1) is 26.4. The first-order chi connectivity index (χ1) is 12.7. The maximum Gasteiger partial charge on any atom is 0.330 e. The van der Waals surface area contributed by atoms with Crippen LogP contribution in [-0.2, 0) is 9.53 Å². The lowest BCUT2D eigenvalue weighted by atomic mass is 10.0. The van der Waals surface area contributed by atoms with Gasteiger partial charge in [0.25, 0.3) is 0 Å². The molecule has 0 aromatic rings. The van der Waals surface area contributed by atoms with Gasteiger partial charge in [0.05, 0.1) is 9.97 Å². The molecule has 5 heteroatoms. The molecule has 0 aliphatic rings. The SMILES string of the molecule is C=CC(=O)OCCCCCCCCCCCCCCCCC[SiH2]C(Br)Br. The van der Waals surface area contributed by atoms with Crippen LogP contribution in [0.1, 0.15) is 96.3 Å². The number of esters is 1. The summed E-state index contributed by atoms with van der Waals surface area (Å²) in [5.41, 5.74) is 0. The van der Waals surface area contributed by atoms with Crippen LogP contribution in [0.25, 0.3) is 0 Å². The van der Waals surface area contributed by atoms with Crippen molar-refractivity contribution in [3.05, 3.63) is 12.7 Å². The van der Waals surface area contributed by atoms with Crippen LogP contribution in [0.5, 0.6) is 0 Å². The Morgan fingerprint density at radius 3 is 1.54 bits per heavy atom. The Bertz CT molecular complexity index is 325. The first-order valence-corrected chi connectivity index (χ1v) is 14.4. The average Bonchev–Trinajstić information content (AvgIpc) is 2.63. The van der Waals surface area contributed by atoms with Crippen LogP contribution in [-0.4, -0.2) is 25.5 Å². The molecule has 0 amide bonds. The summed E-state index contributed by atoms with van der Waals surface area (Å²) in [6, 6.07) is 1.48. The minimum absolute atomic E-state index is 0.0885. The molecule has 0 unspecified atom stereocenters. The summed E-state index contributed by atoms with van der Waals surface area (Å²) in [7, 11) is 0.0885. The number of hydrogen-bond acceptors (Lipinski definition) is 2. The highest BCUT2D eigenvalue weighted by molar-refractivity contribution is 9.25. The fourth-order valence-electron chi connectivity index (χ4n) is 3.11. The number of ether oxygens (including phenoxy) is 1. The predicted octanol–water partition coefficient (Wildman–Crippen LogP) is 7.23. The predicted molar refractivity (Wildman–Crippen MR) is 125 cm³/mol. The Morgan fingerprint density at radius 1 is 0.769 bits per heavy atom. The lowest BCUT2D eigenvalue weighted by Crippen LogP contribution is -2.01. The van der Waals surface area contributed by atoms with Crippen molar-refractivity contribution in [2.45, 2.75) is 106 Å². The smallest absolute Gasteiger partial charge is 0.330 e. The Balaban J connectivity index is 3.03. The monoisotopic (exact) mass is 510 g/mol. The average molecular weight is 512 g/mol. The van der Waals surface area contributed by atoms with E-state index in [-0.39, 0.29) is 15.5 Å². The second kappa shape index (κ2) is 21.7. The fraction of sp³-hybridized carbons (Fsp3) is 0.857. The molecule has 0 saturated carbocycles. The standard InChI is InChI=1S/C21H40Br2O2Si/c1-2-20(24)25-18-16-14-12-10-8-6-4-3-5-7-9-11-13-15-17-19-26-21(22)23/h2,21H,1,3-19,26H2. The van der Waals surface area contributed by atoms with E-state index in [0.29, 0.717) is 9.97 Å². The van der Waals surface area contributed by atoms with Crippen LogP contribution < -0.4 is 0 Å². The van der Waals surface area contributed by atoms with Crippen LogP contribution in [0.2, 0.25) is 6.04 Å². The molecule has 0 aliphatic heterocycles. The van der Waals surface area contributed by atoms with Crippen molar-refractivity contribution in [2.75, 3.05) is 6.61 Å². The summed E-state index contributed by atoms with van der Waals surface area (Å²) in [5, 5.41) is 0. The highest BCUT2D eigenvalue weighted by atomic mass is 79.9. The molecular formula is C21H40Br2O2Si. The maximum atomic E-state index is 10.9. The van der Waals surface area contributed by atoms with Crippen LogP contribution in [0.4, 0.5) is 0 Å². The van der Waals surface area contributed by atoms with E-state index in [1.807, 2.05) is 0 Å². The molecule has 26 heavy (non-hydrogen) atoms. The van der Waals surface area contributed by atoms with Crippen molar-refractivity contribution in [3.8, 4) is 0 Å². The van der Waals surface area contributed by atoms with Gasteiger partial charge in [-0.2, -0.15) is 0 Å². The summed E-state index contributed by atoms with van der Waals surface area (Å²) in [5.74, 6) is -0.301. The number of carbonyl (C=O) groups excluding carboxylic acids is 1. The van der Waals surface area contributed by atoms with Crippen LogP contribution in [0.3, 0.4) is 0 Å². The molecule has 0 heterocycles. The summed E-state index contributed by atoms with van der Waals surface area (Å²) < 4.78 is 5.61. The van der Waals surface area contributed by atoms with Crippen molar-refractivity contribution in [3.63, 3.8) is 0 Å². The van der Waals surface area contributed by atoms with Crippen molar-refractivity contribution < 1.29 is 9.53 Å². The molecular weight excluding hydrogens is 472 g/mol. The Labute approximate surface area is 181 Å². The normalized spacial score (nSPS) is 11.5. The van der Waals surface area contributed by atoms with E-state index in [1.165, 1.54) is 102 Å². The van der Waals surface area contributed by atoms with Crippen LogP contribution in [0.15, 0.2) is 12.7 Å². The lowest BCUT2D eigenvalue weighted by Gasteiger charge is -2.04. The summed E-state index contributed by atoms with van der Waals surface area (Å²) in [6.45, 7) is 3.93. The molecule has 0 N–H and O–H groups in total. The molecule has 2 nitrogen and oxygen atoms in total. The van der Waals surface area contributed by atoms with Crippen molar-refractivity contribution in [1.82, 2.24) is 0 Å². The van der Waals surface area contributed by atoms with E-state index >= 15 is 0 Å². The van der Waals surface area contributed by atoms with Gasteiger partial charge in [-0.05, 0) is 6.42 Å². The molecule has 154 valence electrons. The number of hydrogen-bond donors (Lipinski definition) is 0. The minimum atomic E-state index is -0.301. The van der Waals surface area contributed by atoms with E-state index in [4.69, 9.17) is 4.74 Å². The zero-order valence-corrected chi connectivity index (χ0v) is 21.2. The molecule has 0 aromatic heterocycles. The highest BCUT2D eigenvalue weighted by Gasteiger charge is 1.99. The van der Waals surface area contributed by atoms with Crippen molar-refractivity contribution >= 4 is 47.3 Å². The van der Waals surface area contributed by atoms with Crippen molar-refractivity contribution in [1.29, 1.82) is 0 Å². The van der Waals surface area contributed by atoms with Crippen LogP contribution >= 0.6 is 31.9 Å². The van der Waals surface area contributed by atoms with Gasteiger partial charge in [-0.3, -0.25) is 0 Å². The van der Waals surface area contributed by atoms with E-state index in [2.05, 4.69) is 38.4 Å². The van der Waals surface area contributed by atoms with Crippen molar-refractivity contribution in [2.24, 2.45) is 0 Å². The lowest BCUT2D eigenvalue weighted by molar-refractivity contribution is -0.137. The summed E-state index contributed by atoms with van der Waals surface area (Å²) in [6.07, 6.45) is 21.6. The first-order valence-electron chi connectivity index (χ1n) is 10.7. The number of carbonyl (C=O) groups is 1. The topological polar surface area (TPSA) is 26.3 Å². The molecule has 0 spiro atoms. The van der Waals surface area contributed by atoms with E-state index in [0.717, 1.165) is 6.42 Å². The second-order valence-electron chi connectivity index (χ2n) is 7.21. The highest BCUT2D eigenvalue weighted by Crippen LogP contribution is 2.15. The molecule has 0 bridgehead atoms. The minimum Gasteiger partial charge on any atom is -0.463 e. The molecule has 0 aliphatic carbocycles. The molecule has 0 aromatic carbocycles. The van der Waals surface area contributed by atoms with E-state index in [9.17, 15) is 4.79 Å². The zero-order valence-electron chi connectivity index (χ0n) is 16.7. The Hall–Kier alpha value is 0.387. The largest absolute Gasteiger partial charge is 0.463 e. The van der Waals surface area contributed by atoms with Gasteiger partial charge in [0, 0.05) is 15.6 Å². The Kier molecular flexibility index (Phi) is 22.0. The number of alkyl halides is 2.